The van der Waals surface area contributed by atoms with Crippen molar-refractivity contribution in [2.24, 2.45) is 7.05 Å². The average Bonchev–Trinajstić information content (AvgIpc) is 2.92. The minimum atomic E-state index is -0.357. The van der Waals surface area contributed by atoms with Crippen LogP contribution in [0.4, 0.5) is 5.95 Å². The minimum Gasteiger partial charge on any atom is -0.317 e. The fourth-order valence-corrected chi connectivity index (χ4v) is 3.00. The summed E-state index contributed by atoms with van der Waals surface area (Å²) < 4.78 is 1.58. The summed E-state index contributed by atoms with van der Waals surface area (Å²) in [5, 5.41) is 11.1. The van der Waals surface area contributed by atoms with Crippen molar-refractivity contribution in [2.45, 2.75) is 18.8 Å². The van der Waals surface area contributed by atoms with Crippen molar-refractivity contribution in [3.05, 3.63) is 39.6 Å². The Balaban J connectivity index is 0.00000208. The first-order valence-electron chi connectivity index (χ1n) is 7.43. The van der Waals surface area contributed by atoms with E-state index in [1.807, 2.05) is 0 Å². The third-order valence-corrected chi connectivity index (χ3v) is 4.72. The molecule has 0 bridgehead atoms. The van der Waals surface area contributed by atoms with E-state index >= 15 is 0 Å². The van der Waals surface area contributed by atoms with Gasteiger partial charge < -0.3 is 5.32 Å². The summed E-state index contributed by atoms with van der Waals surface area (Å²) >= 11 is 12.0. The molecule has 0 radical (unpaired) electrons. The second-order valence-corrected chi connectivity index (χ2v) is 6.28. The van der Waals surface area contributed by atoms with E-state index < -0.39 is 0 Å². The van der Waals surface area contributed by atoms with Crippen LogP contribution < -0.4 is 10.6 Å². The second-order valence-electron chi connectivity index (χ2n) is 5.50. The predicted octanol–water partition coefficient (Wildman–Crippen LogP) is 3.26. The number of rotatable bonds is 3. The number of anilines is 1. The summed E-state index contributed by atoms with van der Waals surface area (Å²) in [5.74, 6) is 1.13. The van der Waals surface area contributed by atoms with Gasteiger partial charge in [0.15, 0.2) is 5.82 Å². The van der Waals surface area contributed by atoms with E-state index in [0.29, 0.717) is 22.5 Å². The van der Waals surface area contributed by atoms with Crippen molar-refractivity contribution in [3.8, 4) is 0 Å². The van der Waals surface area contributed by atoms with Crippen LogP contribution in [0.15, 0.2) is 18.2 Å². The number of amides is 1. The average molecular weight is 391 g/mol. The summed E-state index contributed by atoms with van der Waals surface area (Å²) in [7, 11) is 1.76. The molecule has 0 aliphatic carbocycles. The lowest BCUT2D eigenvalue weighted by atomic mass is 9.98. The number of carbonyl (C=O) groups is 1. The zero-order chi connectivity index (χ0) is 16.4. The van der Waals surface area contributed by atoms with Crippen LogP contribution in [0.2, 0.25) is 10.0 Å². The Labute approximate surface area is 156 Å². The molecule has 2 heterocycles. The largest absolute Gasteiger partial charge is 0.317 e. The third-order valence-electron chi connectivity index (χ3n) is 3.91. The first-order chi connectivity index (χ1) is 11.1. The lowest BCUT2D eigenvalue weighted by Gasteiger charge is -2.19. The highest BCUT2D eigenvalue weighted by Gasteiger charge is 2.22. The molecule has 130 valence electrons. The van der Waals surface area contributed by atoms with Gasteiger partial charge in [-0.1, -0.05) is 29.3 Å². The first kappa shape index (κ1) is 19.0. The van der Waals surface area contributed by atoms with Crippen LogP contribution in [0.3, 0.4) is 0 Å². The van der Waals surface area contributed by atoms with Gasteiger partial charge in [-0.25, -0.2) is 4.68 Å². The number of benzene rings is 1. The second kappa shape index (κ2) is 8.16. The van der Waals surface area contributed by atoms with E-state index in [1.54, 1.807) is 29.9 Å². The van der Waals surface area contributed by atoms with Gasteiger partial charge in [0, 0.05) is 13.0 Å². The Morgan fingerprint density at radius 3 is 2.75 bits per heavy atom. The maximum absolute atomic E-state index is 12.4. The lowest BCUT2D eigenvalue weighted by molar-refractivity contribution is 0.102. The highest BCUT2D eigenvalue weighted by atomic mass is 35.5. The molecule has 3 rings (SSSR count). The number of piperidine rings is 1. The molecule has 1 saturated heterocycles. The zero-order valence-electron chi connectivity index (χ0n) is 13.1. The van der Waals surface area contributed by atoms with Crippen LogP contribution in [0.1, 0.15) is 34.9 Å². The van der Waals surface area contributed by atoms with E-state index in [0.717, 1.165) is 31.8 Å². The molecule has 1 fully saturated rings. The normalized spacial score (nSPS) is 15.0. The van der Waals surface area contributed by atoms with Gasteiger partial charge in [-0.15, -0.1) is 12.4 Å². The number of nitrogens with zero attached hydrogens (tertiary/aromatic N) is 3. The van der Waals surface area contributed by atoms with E-state index in [9.17, 15) is 4.79 Å². The Morgan fingerprint density at radius 1 is 1.33 bits per heavy atom. The van der Waals surface area contributed by atoms with Gasteiger partial charge in [-0.3, -0.25) is 10.1 Å². The molecule has 24 heavy (non-hydrogen) atoms. The maximum Gasteiger partial charge on any atom is 0.259 e. The summed E-state index contributed by atoms with van der Waals surface area (Å²) in [4.78, 5) is 16.8. The van der Waals surface area contributed by atoms with Crippen LogP contribution in [0, 0.1) is 0 Å². The molecule has 1 aliphatic heterocycles. The number of halogens is 3. The Hall–Kier alpha value is -1.34. The molecule has 0 atom stereocenters. The van der Waals surface area contributed by atoms with Crippen LogP contribution in [0.25, 0.3) is 0 Å². The summed E-state index contributed by atoms with van der Waals surface area (Å²) in [6.07, 6.45) is 2.00. The zero-order valence-corrected chi connectivity index (χ0v) is 15.4. The molecule has 1 aromatic heterocycles. The molecule has 0 unspecified atom stereocenters. The SMILES string of the molecule is Cl.Cn1nc(C2CCNCC2)nc1NC(=O)c1cccc(Cl)c1Cl. The van der Waals surface area contributed by atoms with Gasteiger partial charge in [0.2, 0.25) is 5.95 Å². The van der Waals surface area contributed by atoms with Gasteiger partial charge in [0.1, 0.15) is 0 Å². The highest BCUT2D eigenvalue weighted by Crippen LogP contribution is 2.27. The van der Waals surface area contributed by atoms with E-state index in [-0.39, 0.29) is 23.3 Å². The van der Waals surface area contributed by atoms with E-state index in [2.05, 4.69) is 20.7 Å². The van der Waals surface area contributed by atoms with E-state index in [4.69, 9.17) is 23.2 Å². The highest BCUT2D eigenvalue weighted by molar-refractivity contribution is 6.44. The molecule has 0 spiro atoms. The van der Waals surface area contributed by atoms with Gasteiger partial charge >= 0.3 is 0 Å². The number of carbonyl (C=O) groups excluding carboxylic acids is 1. The van der Waals surface area contributed by atoms with Crippen molar-refractivity contribution in [1.29, 1.82) is 0 Å². The summed E-state index contributed by atoms with van der Waals surface area (Å²) in [6, 6.07) is 4.94. The first-order valence-corrected chi connectivity index (χ1v) is 8.19. The van der Waals surface area contributed by atoms with Crippen molar-refractivity contribution in [1.82, 2.24) is 20.1 Å². The Bertz CT molecular complexity index is 728. The molecule has 2 N–H and O–H groups in total. The molecule has 1 amide bonds. The lowest BCUT2D eigenvalue weighted by Crippen LogP contribution is -2.27. The van der Waals surface area contributed by atoms with E-state index in [1.165, 1.54) is 0 Å². The Kier molecular flexibility index (Phi) is 6.46. The quantitative estimate of drug-likeness (QED) is 0.844. The summed E-state index contributed by atoms with van der Waals surface area (Å²) in [5.41, 5.74) is 0.311. The van der Waals surface area contributed by atoms with Crippen molar-refractivity contribution >= 4 is 47.5 Å². The van der Waals surface area contributed by atoms with Crippen molar-refractivity contribution < 1.29 is 4.79 Å². The molecule has 9 heteroatoms. The minimum absolute atomic E-state index is 0. The Morgan fingerprint density at radius 2 is 2.04 bits per heavy atom. The van der Waals surface area contributed by atoms with Crippen LogP contribution in [0.5, 0.6) is 0 Å². The summed E-state index contributed by atoms with van der Waals surface area (Å²) in [6.45, 7) is 1.92. The number of hydrogen-bond donors (Lipinski definition) is 2. The molecule has 6 nitrogen and oxygen atoms in total. The number of hydrogen-bond acceptors (Lipinski definition) is 4. The predicted molar refractivity (Wildman–Crippen MR) is 97.5 cm³/mol. The number of aryl methyl sites for hydroxylation is 1. The van der Waals surface area contributed by atoms with Gasteiger partial charge in [0.25, 0.3) is 5.91 Å². The van der Waals surface area contributed by atoms with Crippen LogP contribution in [-0.4, -0.2) is 33.8 Å². The number of nitrogens with one attached hydrogen (secondary N) is 2. The van der Waals surface area contributed by atoms with Gasteiger partial charge in [-0.2, -0.15) is 10.1 Å². The molecular formula is C15H18Cl3N5O. The fraction of sp³-hybridized carbons (Fsp3) is 0.400. The fourth-order valence-electron chi connectivity index (χ4n) is 2.61. The van der Waals surface area contributed by atoms with Crippen molar-refractivity contribution in [2.75, 3.05) is 18.4 Å². The van der Waals surface area contributed by atoms with Crippen LogP contribution in [-0.2, 0) is 7.05 Å². The van der Waals surface area contributed by atoms with Crippen molar-refractivity contribution in [3.63, 3.8) is 0 Å². The molecule has 1 aliphatic rings. The molecule has 0 saturated carbocycles. The van der Waals surface area contributed by atoms with Gasteiger partial charge in [0.05, 0.1) is 15.6 Å². The van der Waals surface area contributed by atoms with Gasteiger partial charge in [-0.05, 0) is 38.1 Å². The molecular weight excluding hydrogens is 373 g/mol. The molecule has 2 aromatic rings. The number of aromatic nitrogens is 3. The molecule has 1 aromatic carbocycles. The van der Waals surface area contributed by atoms with Crippen LogP contribution >= 0.6 is 35.6 Å². The standard InChI is InChI=1S/C15H17Cl2N5O.ClH/c1-22-15(19-13(21-22)9-5-7-18-8-6-9)20-14(23)10-3-2-4-11(16)12(10)17;/h2-4,9,18H,5-8H2,1H3,(H,19,20,21,23);1H. The topological polar surface area (TPSA) is 71.8 Å². The monoisotopic (exact) mass is 389 g/mol. The maximum atomic E-state index is 12.4. The smallest absolute Gasteiger partial charge is 0.259 e. The third kappa shape index (κ3) is 4.00.